The minimum absolute atomic E-state index is 0.709. The van der Waals surface area contributed by atoms with Crippen molar-refractivity contribution >= 4 is 40.0 Å². The van der Waals surface area contributed by atoms with Gasteiger partial charge in [0.1, 0.15) is 5.82 Å². The number of pyridine rings is 1. The van der Waals surface area contributed by atoms with Crippen LogP contribution in [-0.4, -0.2) is 85.4 Å². The minimum atomic E-state index is 0.709. The molecular formula is C24H30ClN7O. The molecule has 0 radical (unpaired) electrons. The Balaban J connectivity index is 1.15. The number of fused-ring (bicyclic) bond motifs is 1. The fourth-order valence-corrected chi connectivity index (χ4v) is 4.59. The zero-order valence-electron chi connectivity index (χ0n) is 19.0. The molecular weight excluding hydrogens is 438 g/mol. The lowest BCUT2D eigenvalue weighted by atomic mass is 10.2. The predicted octanol–water partition coefficient (Wildman–Crippen LogP) is 3.06. The maximum absolute atomic E-state index is 6.10. The van der Waals surface area contributed by atoms with Crippen molar-refractivity contribution in [1.82, 2.24) is 19.9 Å². The van der Waals surface area contributed by atoms with Gasteiger partial charge in [0.05, 0.1) is 18.7 Å². The highest BCUT2D eigenvalue weighted by Crippen LogP contribution is 2.24. The van der Waals surface area contributed by atoms with Crippen LogP contribution in [0.2, 0.25) is 5.02 Å². The van der Waals surface area contributed by atoms with E-state index in [2.05, 4.69) is 36.1 Å². The summed E-state index contributed by atoms with van der Waals surface area (Å²) >= 11 is 6.10. The maximum atomic E-state index is 6.10. The van der Waals surface area contributed by atoms with E-state index in [4.69, 9.17) is 21.3 Å². The van der Waals surface area contributed by atoms with Crippen molar-refractivity contribution in [2.24, 2.45) is 0 Å². The molecule has 0 atom stereocenters. The van der Waals surface area contributed by atoms with Crippen LogP contribution >= 0.6 is 11.6 Å². The van der Waals surface area contributed by atoms with Crippen molar-refractivity contribution in [3.8, 4) is 0 Å². The number of piperazine rings is 1. The molecule has 2 aliphatic rings. The predicted molar refractivity (Wildman–Crippen MR) is 134 cm³/mol. The van der Waals surface area contributed by atoms with Gasteiger partial charge < -0.3 is 19.9 Å². The Morgan fingerprint density at radius 1 is 0.970 bits per heavy atom. The van der Waals surface area contributed by atoms with Crippen LogP contribution in [0.25, 0.3) is 10.9 Å². The van der Waals surface area contributed by atoms with Gasteiger partial charge in [-0.2, -0.15) is 4.98 Å². The van der Waals surface area contributed by atoms with Gasteiger partial charge in [-0.1, -0.05) is 11.6 Å². The first-order valence-corrected chi connectivity index (χ1v) is 12.0. The summed E-state index contributed by atoms with van der Waals surface area (Å²) in [5.41, 5.74) is 3.03. The number of hydrogen-bond donors (Lipinski definition) is 1. The number of aryl methyl sites for hydroxylation is 1. The Morgan fingerprint density at radius 2 is 1.79 bits per heavy atom. The van der Waals surface area contributed by atoms with Gasteiger partial charge in [-0.05, 0) is 31.2 Å². The molecule has 2 saturated heterocycles. The van der Waals surface area contributed by atoms with E-state index in [1.54, 1.807) is 0 Å². The third-order valence-corrected chi connectivity index (χ3v) is 6.50. The van der Waals surface area contributed by atoms with Gasteiger partial charge in [0.25, 0.3) is 0 Å². The Morgan fingerprint density at radius 3 is 2.61 bits per heavy atom. The number of rotatable bonds is 6. The number of anilines is 3. The van der Waals surface area contributed by atoms with Crippen molar-refractivity contribution in [3.63, 3.8) is 0 Å². The molecule has 2 aromatic heterocycles. The molecule has 4 heterocycles. The molecule has 9 heteroatoms. The van der Waals surface area contributed by atoms with Gasteiger partial charge in [-0.3, -0.25) is 9.88 Å². The lowest BCUT2D eigenvalue weighted by Gasteiger charge is -2.36. The van der Waals surface area contributed by atoms with E-state index < -0.39 is 0 Å². The van der Waals surface area contributed by atoms with Gasteiger partial charge in [0.2, 0.25) is 5.95 Å². The van der Waals surface area contributed by atoms with E-state index >= 15 is 0 Å². The number of nitrogens with one attached hydrogen (secondary N) is 1. The number of ether oxygens (including phenoxy) is 1. The summed E-state index contributed by atoms with van der Waals surface area (Å²) in [5.74, 6) is 1.86. The van der Waals surface area contributed by atoms with Crippen molar-refractivity contribution in [2.75, 3.05) is 80.7 Å². The second kappa shape index (κ2) is 10.1. The zero-order chi connectivity index (χ0) is 22.6. The first-order valence-electron chi connectivity index (χ1n) is 11.6. The van der Waals surface area contributed by atoms with Crippen LogP contribution in [-0.2, 0) is 4.74 Å². The third-order valence-electron chi connectivity index (χ3n) is 6.27. The summed E-state index contributed by atoms with van der Waals surface area (Å²) in [5, 5.41) is 5.38. The first kappa shape index (κ1) is 22.1. The van der Waals surface area contributed by atoms with E-state index in [0.29, 0.717) is 5.02 Å². The molecule has 174 valence electrons. The van der Waals surface area contributed by atoms with Crippen molar-refractivity contribution < 1.29 is 4.74 Å². The molecule has 1 aromatic carbocycles. The Hall–Kier alpha value is -2.68. The number of halogens is 1. The maximum Gasteiger partial charge on any atom is 0.227 e. The molecule has 33 heavy (non-hydrogen) atoms. The van der Waals surface area contributed by atoms with Gasteiger partial charge >= 0.3 is 0 Å². The number of morpholine rings is 1. The standard InChI is InChI=1S/C24H30ClN7O/c1-18-16-23(29-24(28-18)32-12-14-33-15-13-32)31-10-8-30(9-11-31)7-6-27-21-4-5-26-22-17-19(25)2-3-20(21)22/h2-5,16-17H,6-15H2,1H3,(H,26,27). The van der Waals surface area contributed by atoms with Gasteiger partial charge in [0, 0.05) is 86.4 Å². The van der Waals surface area contributed by atoms with E-state index in [-0.39, 0.29) is 0 Å². The number of hydrogen-bond acceptors (Lipinski definition) is 8. The van der Waals surface area contributed by atoms with Crippen LogP contribution in [0.15, 0.2) is 36.5 Å². The van der Waals surface area contributed by atoms with Crippen LogP contribution in [0.4, 0.5) is 17.5 Å². The van der Waals surface area contributed by atoms with Crippen molar-refractivity contribution in [3.05, 3.63) is 47.2 Å². The molecule has 0 aliphatic carbocycles. The van der Waals surface area contributed by atoms with Crippen molar-refractivity contribution in [2.45, 2.75) is 6.92 Å². The normalized spacial score (nSPS) is 17.5. The van der Waals surface area contributed by atoms with E-state index in [1.807, 2.05) is 37.4 Å². The SMILES string of the molecule is Cc1cc(N2CCN(CCNc3ccnc4cc(Cl)ccc34)CC2)nc(N2CCOCC2)n1. The Labute approximate surface area is 199 Å². The third kappa shape index (κ3) is 5.29. The quantitative estimate of drug-likeness (QED) is 0.593. The molecule has 1 N–H and O–H groups in total. The average Bonchev–Trinajstić information content (AvgIpc) is 2.84. The van der Waals surface area contributed by atoms with Crippen LogP contribution in [0.3, 0.4) is 0 Å². The lowest BCUT2D eigenvalue weighted by molar-refractivity contribution is 0.122. The number of aromatic nitrogens is 3. The van der Waals surface area contributed by atoms with E-state index in [9.17, 15) is 0 Å². The molecule has 2 aliphatic heterocycles. The second-order valence-electron chi connectivity index (χ2n) is 8.54. The molecule has 2 fully saturated rings. The smallest absolute Gasteiger partial charge is 0.227 e. The summed E-state index contributed by atoms with van der Waals surface area (Å²) in [6, 6.07) is 9.97. The molecule has 0 spiro atoms. The van der Waals surface area contributed by atoms with Crippen LogP contribution in [0, 0.1) is 6.92 Å². The van der Waals surface area contributed by atoms with Crippen molar-refractivity contribution in [1.29, 1.82) is 0 Å². The number of nitrogens with zero attached hydrogens (tertiary/aromatic N) is 6. The van der Waals surface area contributed by atoms with Crippen LogP contribution < -0.4 is 15.1 Å². The first-order chi connectivity index (χ1) is 16.2. The monoisotopic (exact) mass is 467 g/mol. The highest BCUT2D eigenvalue weighted by atomic mass is 35.5. The van der Waals surface area contributed by atoms with E-state index in [0.717, 1.165) is 99.6 Å². The fourth-order valence-electron chi connectivity index (χ4n) is 4.43. The summed E-state index contributed by atoms with van der Waals surface area (Å²) in [7, 11) is 0. The largest absolute Gasteiger partial charge is 0.383 e. The van der Waals surface area contributed by atoms with Gasteiger partial charge in [-0.15, -0.1) is 0 Å². The topological polar surface area (TPSA) is 69.7 Å². The molecule has 5 rings (SSSR count). The number of benzene rings is 1. The van der Waals surface area contributed by atoms with Gasteiger partial charge in [-0.25, -0.2) is 4.98 Å². The highest BCUT2D eigenvalue weighted by molar-refractivity contribution is 6.31. The second-order valence-corrected chi connectivity index (χ2v) is 8.98. The minimum Gasteiger partial charge on any atom is -0.383 e. The van der Waals surface area contributed by atoms with Crippen LogP contribution in [0.5, 0.6) is 0 Å². The Kier molecular flexibility index (Phi) is 6.75. The summed E-state index contributed by atoms with van der Waals surface area (Å²) in [6.07, 6.45) is 1.83. The lowest BCUT2D eigenvalue weighted by Crippen LogP contribution is -2.48. The van der Waals surface area contributed by atoms with E-state index in [1.165, 1.54) is 0 Å². The molecule has 3 aromatic rings. The average molecular weight is 468 g/mol. The molecule has 0 saturated carbocycles. The molecule has 0 bridgehead atoms. The highest BCUT2D eigenvalue weighted by Gasteiger charge is 2.21. The molecule has 0 unspecified atom stereocenters. The van der Waals surface area contributed by atoms with Gasteiger partial charge in [0.15, 0.2) is 0 Å². The Bertz CT molecular complexity index is 1100. The summed E-state index contributed by atoms with van der Waals surface area (Å²) < 4.78 is 5.47. The van der Waals surface area contributed by atoms with Crippen LogP contribution in [0.1, 0.15) is 5.69 Å². The fraction of sp³-hybridized carbons (Fsp3) is 0.458. The zero-order valence-corrected chi connectivity index (χ0v) is 19.8. The molecule has 0 amide bonds. The molecule has 8 nitrogen and oxygen atoms in total. The summed E-state index contributed by atoms with van der Waals surface area (Å²) in [4.78, 5) is 21.1. The summed E-state index contributed by atoms with van der Waals surface area (Å²) in [6.45, 7) is 11.1.